The lowest BCUT2D eigenvalue weighted by atomic mass is 10.00. The highest BCUT2D eigenvalue weighted by molar-refractivity contribution is 5.28. The Morgan fingerprint density at radius 3 is 2.26 bits per heavy atom. The van der Waals surface area contributed by atoms with Crippen molar-refractivity contribution >= 4 is 0 Å². The van der Waals surface area contributed by atoms with Gasteiger partial charge in [0.1, 0.15) is 6.54 Å². The lowest BCUT2D eigenvalue weighted by Gasteiger charge is -2.12. The summed E-state index contributed by atoms with van der Waals surface area (Å²) in [6.45, 7) is 4.71. The maximum atomic E-state index is 12.5. The fourth-order valence-electron chi connectivity index (χ4n) is 2.21. The first-order chi connectivity index (χ1) is 8.82. The minimum Gasteiger partial charge on any atom is -0.327 e. The van der Waals surface area contributed by atoms with Crippen molar-refractivity contribution in [2.75, 3.05) is 0 Å². The largest absolute Gasteiger partial charge is 0.408 e. The highest BCUT2D eigenvalue weighted by Crippen LogP contribution is 2.23. The molecular weight excluding hydrogens is 255 g/mol. The molecule has 0 aliphatic heterocycles. The zero-order valence-electron chi connectivity index (χ0n) is 11.7. The van der Waals surface area contributed by atoms with Crippen molar-refractivity contribution in [1.29, 1.82) is 0 Å². The van der Waals surface area contributed by atoms with E-state index in [1.807, 2.05) is 20.8 Å². The minimum absolute atomic E-state index is 0.0286. The molecule has 3 nitrogen and oxygen atoms in total. The first-order valence-corrected chi connectivity index (χ1v) is 6.72. The van der Waals surface area contributed by atoms with Gasteiger partial charge < -0.3 is 5.73 Å². The lowest BCUT2D eigenvalue weighted by Crippen LogP contribution is -2.23. The average molecular weight is 277 g/mol. The monoisotopic (exact) mass is 277 g/mol. The number of halogens is 3. The standard InChI is InChI=1S/C13H22F3N3/c1-4-9(17)7-10-11(5-2)18-19(12(10)6-3)8-13(14,15)16/h9H,4-8,17H2,1-3H3. The molecule has 0 aliphatic rings. The smallest absolute Gasteiger partial charge is 0.327 e. The van der Waals surface area contributed by atoms with E-state index in [2.05, 4.69) is 5.10 Å². The molecule has 0 saturated heterocycles. The highest BCUT2D eigenvalue weighted by Gasteiger charge is 2.30. The first kappa shape index (κ1) is 16.0. The van der Waals surface area contributed by atoms with E-state index in [1.54, 1.807) is 0 Å². The summed E-state index contributed by atoms with van der Waals surface area (Å²) in [5.74, 6) is 0. The van der Waals surface area contributed by atoms with Crippen LogP contribution in [0.25, 0.3) is 0 Å². The molecule has 1 aromatic rings. The van der Waals surface area contributed by atoms with Gasteiger partial charge in [0.25, 0.3) is 0 Å². The van der Waals surface area contributed by atoms with Crippen molar-refractivity contribution in [3.63, 3.8) is 0 Å². The molecule has 0 amide bonds. The maximum absolute atomic E-state index is 12.5. The van der Waals surface area contributed by atoms with Crippen LogP contribution < -0.4 is 5.73 Å². The molecule has 1 aromatic heterocycles. The molecule has 0 radical (unpaired) electrons. The Hall–Kier alpha value is -1.04. The van der Waals surface area contributed by atoms with Gasteiger partial charge in [-0.25, -0.2) is 0 Å². The SMILES string of the molecule is CCc1nn(CC(F)(F)F)c(CC)c1CC(N)CC. The molecule has 1 heterocycles. The third-order valence-corrected chi connectivity index (χ3v) is 3.24. The number of alkyl halides is 3. The second-order valence-corrected chi connectivity index (χ2v) is 4.72. The highest BCUT2D eigenvalue weighted by atomic mass is 19.4. The summed E-state index contributed by atoms with van der Waals surface area (Å²) in [5, 5.41) is 4.11. The van der Waals surface area contributed by atoms with E-state index in [4.69, 9.17) is 5.73 Å². The maximum Gasteiger partial charge on any atom is 0.408 e. The van der Waals surface area contributed by atoms with Crippen LogP contribution in [0.1, 0.15) is 44.1 Å². The van der Waals surface area contributed by atoms with Crippen molar-refractivity contribution in [3.8, 4) is 0 Å². The normalized spacial score (nSPS) is 13.8. The van der Waals surface area contributed by atoms with Crippen LogP contribution in [0.5, 0.6) is 0 Å². The Morgan fingerprint density at radius 1 is 1.21 bits per heavy atom. The molecule has 6 heteroatoms. The second-order valence-electron chi connectivity index (χ2n) is 4.72. The van der Waals surface area contributed by atoms with Crippen LogP contribution in [0.4, 0.5) is 13.2 Å². The number of aromatic nitrogens is 2. The van der Waals surface area contributed by atoms with Gasteiger partial charge in [0, 0.05) is 11.7 Å². The summed E-state index contributed by atoms with van der Waals surface area (Å²) in [6, 6.07) is -0.0286. The Balaban J connectivity index is 3.13. The van der Waals surface area contributed by atoms with E-state index in [9.17, 15) is 13.2 Å². The Kier molecular flexibility index (Phi) is 5.40. The Labute approximate surface area is 112 Å². The minimum atomic E-state index is -4.24. The number of nitrogens with zero attached hydrogens (tertiary/aromatic N) is 2. The summed E-state index contributed by atoms with van der Waals surface area (Å²) >= 11 is 0. The van der Waals surface area contributed by atoms with Crippen LogP contribution in [0.15, 0.2) is 0 Å². The van der Waals surface area contributed by atoms with Crippen LogP contribution in [0.3, 0.4) is 0 Å². The van der Waals surface area contributed by atoms with Gasteiger partial charge in [-0.15, -0.1) is 0 Å². The predicted octanol–water partition coefficient (Wildman–Crippen LogP) is 2.85. The van der Waals surface area contributed by atoms with Crippen molar-refractivity contribution in [3.05, 3.63) is 17.0 Å². The first-order valence-electron chi connectivity index (χ1n) is 6.72. The van der Waals surface area contributed by atoms with Crippen LogP contribution in [0, 0.1) is 0 Å². The number of aryl methyl sites for hydroxylation is 1. The fourth-order valence-corrected chi connectivity index (χ4v) is 2.21. The molecular formula is C13H22F3N3. The molecule has 1 atom stereocenters. The van der Waals surface area contributed by atoms with E-state index in [0.29, 0.717) is 25.0 Å². The summed E-state index contributed by atoms with van der Waals surface area (Å²) in [7, 11) is 0. The third-order valence-electron chi connectivity index (χ3n) is 3.24. The Morgan fingerprint density at radius 2 is 1.84 bits per heavy atom. The molecule has 0 aromatic carbocycles. The van der Waals surface area contributed by atoms with Crippen molar-refractivity contribution in [2.45, 2.75) is 65.2 Å². The van der Waals surface area contributed by atoms with Crippen molar-refractivity contribution in [2.24, 2.45) is 5.73 Å². The second kappa shape index (κ2) is 6.41. The number of hydrogen-bond acceptors (Lipinski definition) is 2. The van der Waals surface area contributed by atoms with Gasteiger partial charge in [-0.2, -0.15) is 18.3 Å². The molecule has 0 spiro atoms. The van der Waals surface area contributed by atoms with Crippen LogP contribution in [-0.2, 0) is 25.8 Å². The molecule has 1 unspecified atom stereocenters. The van der Waals surface area contributed by atoms with Gasteiger partial charge in [0.2, 0.25) is 0 Å². The van der Waals surface area contributed by atoms with Gasteiger partial charge in [-0.05, 0) is 31.2 Å². The van der Waals surface area contributed by atoms with E-state index in [1.165, 1.54) is 0 Å². The van der Waals surface area contributed by atoms with Gasteiger partial charge >= 0.3 is 6.18 Å². The fraction of sp³-hybridized carbons (Fsp3) is 0.769. The molecule has 2 N–H and O–H groups in total. The number of hydrogen-bond donors (Lipinski definition) is 1. The third kappa shape index (κ3) is 4.23. The number of rotatable bonds is 6. The molecule has 19 heavy (non-hydrogen) atoms. The van der Waals surface area contributed by atoms with Crippen LogP contribution >= 0.6 is 0 Å². The predicted molar refractivity (Wildman–Crippen MR) is 69.0 cm³/mol. The van der Waals surface area contributed by atoms with E-state index in [-0.39, 0.29) is 6.04 Å². The summed E-state index contributed by atoms with van der Waals surface area (Å²) in [5.41, 5.74) is 8.24. The molecule has 0 aliphatic carbocycles. The summed E-state index contributed by atoms with van der Waals surface area (Å²) < 4.78 is 38.7. The van der Waals surface area contributed by atoms with Crippen molar-refractivity contribution in [1.82, 2.24) is 9.78 Å². The molecule has 0 bridgehead atoms. The summed E-state index contributed by atoms with van der Waals surface area (Å²) in [6.07, 6.45) is -1.68. The molecule has 110 valence electrons. The summed E-state index contributed by atoms with van der Waals surface area (Å²) in [4.78, 5) is 0. The van der Waals surface area contributed by atoms with Crippen LogP contribution in [-0.4, -0.2) is 22.0 Å². The topological polar surface area (TPSA) is 43.8 Å². The van der Waals surface area contributed by atoms with E-state index in [0.717, 1.165) is 22.4 Å². The average Bonchev–Trinajstić information content (AvgIpc) is 2.63. The molecule has 1 rings (SSSR count). The van der Waals surface area contributed by atoms with Crippen LogP contribution in [0.2, 0.25) is 0 Å². The van der Waals surface area contributed by atoms with E-state index < -0.39 is 12.7 Å². The van der Waals surface area contributed by atoms with Gasteiger partial charge in [-0.1, -0.05) is 20.8 Å². The van der Waals surface area contributed by atoms with E-state index >= 15 is 0 Å². The zero-order valence-corrected chi connectivity index (χ0v) is 11.7. The van der Waals surface area contributed by atoms with Crippen molar-refractivity contribution < 1.29 is 13.2 Å². The molecule has 0 saturated carbocycles. The zero-order chi connectivity index (χ0) is 14.6. The number of nitrogens with two attached hydrogens (primary N) is 1. The lowest BCUT2D eigenvalue weighted by molar-refractivity contribution is -0.143. The van der Waals surface area contributed by atoms with Gasteiger partial charge in [0.05, 0.1) is 5.69 Å². The molecule has 0 fully saturated rings. The van der Waals surface area contributed by atoms with Gasteiger partial charge in [0.15, 0.2) is 0 Å². The quantitative estimate of drug-likeness (QED) is 0.869. The Bertz CT molecular complexity index is 410. The van der Waals surface area contributed by atoms with Gasteiger partial charge in [-0.3, -0.25) is 4.68 Å².